The highest BCUT2D eigenvalue weighted by Crippen LogP contribution is 2.13. The number of hydrogen-bond acceptors (Lipinski definition) is 2. The van der Waals surface area contributed by atoms with Crippen molar-refractivity contribution in [2.45, 2.75) is 25.9 Å². The second-order valence-corrected chi connectivity index (χ2v) is 4.17. The first-order chi connectivity index (χ1) is 9.30. The third-order valence-corrected chi connectivity index (χ3v) is 2.41. The number of nitrogens with one attached hydrogen (secondary N) is 2. The van der Waals surface area contributed by atoms with Crippen LogP contribution in [-0.4, -0.2) is 24.5 Å². The number of alkyl halides is 3. The van der Waals surface area contributed by atoms with Crippen molar-refractivity contribution >= 4 is 17.5 Å². The molecule has 0 aliphatic carbocycles. The third kappa shape index (κ3) is 6.21. The summed E-state index contributed by atoms with van der Waals surface area (Å²) in [5.41, 5.74) is 1.15. The Hall–Kier alpha value is -2.05. The minimum absolute atomic E-state index is 0.138. The summed E-state index contributed by atoms with van der Waals surface area (Å²) >= 11 is 0. The van der Waals surface area contributed by atoms with Crippen LogP contribution in [-0.2, 0) is 16.0 Å². The molecular weight excluding hydrogens is 273 g/mol. The maximum Gasteiger partial charge on any atom is 0.405 e. The van der Waals surface area contributed by atoms with Crippen LogP contribution in [0.15, 0.2) is 24.3 Å². The molecule has 0 aliphatic heterocycles. The van der Waals surface area contributed by atoms with Crippen molar-refractivity contribution in [2.24, 2.45) is 0 Å². The van der Waals surface area contributed by atoms with Crippen molar-refractivity contribution in [3.8, 4) is 0 Å². The molecule has 7 heteroatoms. The van der Waals surface area contributed by atoms with Gasteiger partial charge in [-0.2, -0.15) is 13.2 Å². The highest BCUT2D eigenvalue weighted by atomic mass is 19.4. The molecule has 0 saturated heterocycles. The zero-order valence-corrected chi connectivity index (χ0v) is 10.9. The second-order valence-electron chi connectivity index (χ2n) is 4.17. The zero-order valence-electron chi connectivity index (χ0n) is 10.9. The number of carbonyl (C=O) groups excluding carboxylic acids is 2. The summed E-state index contributed by atoms with van der Waals surface area (Å²) in [6, 6.07) is 6.36. The van der Waals surface area contributed by atoms with E-state index >= 15 is 0 Å². The van der Waals surface area contributed by atoms with Crippen molar-refractivity contribution in [3.63, 3.8) is 0 Å². The number of benzene rings is 1. The molecule has 110 valence electrons. The van der Waals surface area contributed by atoms with Crippen molar-refractivity contribution < 1.29 is 22.8 Å². The largest absolute Gasteiger partial charge is 0.405 e. The topological polar surface area (TPSA) is 58.2 Å². The van der Waals surface area contributed by atoms with Gasteiger partial charge in [0.15, 0.2) is 0 Å². The summed E-state index contributed by atoms with van der Waals surface area (Å²) in [6.45, 7) is 0.380. The van der Waals surface area contributed by atoms with Crippen LogP contribution in [0.5, 0.6) is 0 Å². The van der Waals surface area contributed by atoms with Crippen LogP contribution in [0.25, 0.3) is 0 Å². The maximum absolute atomic E-state index is 11.9. The predicted molar refractivity (Wildman–Crippen MR) is 68.1 cm³/mol. The highest BCUT2D eigenvalue weighted by molar-refractivity contribution is 5.90. The van der Waals surface area contributed by atoms with Gasteiger partial charge in [0.2, 0.25) is 11.8 Å². The van der Waals surface area contributed by atoms with Crippen LogP contribution in [0.4, 0.5) is 18.9 Å². The van der Waals surface area contributed by atoms with Gasteiger partial charge in [-0.25, -0.2) is 0 Å². The van der Waals surface area contributed by atoms with Crippen LogP contribution in [0.1, 0.15) is 18.9 Å². The van der Waals surface area contributed by atoms with Gasteiger partial charge in [-0.1, -0.05) is 19.1 Å². The van der Waals surface area contributed by atoms with E-state index in [1.807, 2.05) is 0 Å². The lowest BCUT2D eigenvalue weighted by atomic mass is 10.1. The van der Waals surface area contributed by atoms with Crippen molar-refractivity contribution in [1.29, 1.82) is 0 Å². The van der Waals surface area contributed by atoms with Crippen LogP contribution in [0, 0.1) is 0 Å². The summed E-state index contributed by atoms with van der Waals surface area (Å²) in [5, 5.41) is 4.42. The monoisotopic (exact) mass is 288 g/mol. The van der Waals surface area contributed by atoms with Crippen molar-refractivity contribution in [1.82, 2.24) is 5.32 Å². The van der Waals surface area contributed by atoms with Gasteiger partial charge in [0, 0.05) is 12.1 Å². The van der Waals surface area contributed by atoms with Crippen LogP contribution in [0.3, 0.4) is 0 Å². The smallest absolute Gasteiger partial charge is 0.347 e. The molecule has 4 nitrogen and oxygen atoms in total. The predicted octanol–water partition coefficient (Wildman–Crippen LogP) is 2.26. The van der Waals surface area contributed by atoms with Gasteiger partial charge in [0.25, 0.3) is 0 Å². The van der Waals surface area contributed by atoms with E-state index < -0.39 is 18.6 Å². The Morgan fingerprint density at radius 3 is 2.20 bits per heavy atom. The molecule has 0 aromatic heterocycles. The number of halogens is 3. The fourth-order valence-electron chi connectivity index (χ4n) is 1.40. The van der Waals surface area contributed by atoms with E-state index in [0.717, 1.165) is 0 Å². The molecule has 0 fully saturated rings. The van der Waals surface area contributed by atoms with Crippen LogP contribution < -0.4 is 10.6 Å². The van der Waals surface area contributed by atoms with Crippen molar-refractivity contribution in [2.75, 3.05) is 11.9 Å². The average molecular weight is 288 g/mol. The summed E-state index contributed by atoms with van der Waals surface area (Å²) < 4.78 is 35.7. The highest BCUT2D eigenvalue weighted by Gasteiger charge is 2.27. The third-order valence-electron chi connectivity index (χ3n) is 2.41. The number of hydrogen-bond donors (Lipinski definition) is 2. The van der Waals surface area contributed by atoms with E-state index in [1.165, 1.54) is 0 Å². The Morgan fingerprint density at radius 1 is 1.10 bits per heavy atom. The quantitative estimate of drug-likeness (QED) is 0.873. The molecule has 2 N–H and O–H groups in total. The molecule has 0 saturated carbocycles. The lowest BCUT2D eigenvalue weighted by Crippen LogP contribution is -2.34. The minimum atomic E-state index is -4.41. The van der Waals surface area contributed by atoms with Gasteiger partial charge in [-0.3, -0.25) is 9.59 Å². The van der Waals surface area contributed by atoms with Crippen molar-refractivity contribution in [3.05, 3.63) is 29.8 Å². The average Bonchev–Trinajstić information content (AvgIpc) is 2.38. The Kier molecular flexibility index (Phi) is 5.54. The van der Waals surface area contributed by atoms with Gasteiger partial charge < -0.3 is 10.6 Å². The zero-order chi connectivity index (χ0) is 15.2. The number of carbonyl (C=O) groups is 2. The lowest BCUT2D eigenvalue weighted by molar-refractivity contribution is -0.138. The number of rotatable bonds is 5. The van der Waals surface area contributed by atoms with E-state index in [1.54, 1.807) is 36.5 Å². The fourth-order valence-corrected chi connectivity index (χ4v) is 1.40. The molecule has 1 aromatic rings. The molecular formula is C13H15F3N2O2. The first-order valence-electron chi connectivity index (χ1n) is 6.02. The first kappa shape index (κ1) is 16.0. The summed E-state index contributed by atoms with van der Waals surface area (Å²) in [4.78, 5) is 22.4. The van der Waals surface area contributed by atoms with Gasteiger partial charge >= 0.3 is 6.18 Å². The lowest BCUT2D eigenvalue weighted by Gasteiger charge is -2.09. The molecule has 1 rings (SSSR count). The molecule has 0 aliphatic rings. The molecule has 1 aromatic carbocycles. The number of amides is 2. The molecule has 0 unspecified atom stereocenters. The van der Waals surface area contributed by atoms with E-state index in [2.05, 4.69) is 5.32 Å². The molecule has 0 heterocycles. The summed E-state index contributed by atoms with van der Waals surface area (Å²) in [6.07, 6.45) is -4.20. The molecule has 2 amide bonds. The van der Waals surface area contributed by atoms with E-state index in [0.29, 0.717) is 17.7 Å². The van der Waals surface area contributed by atoms with E-state index in [9.17, 15) is 22.8 Å². The molecule has 0 bridgehead atoms. The maximum atomic E-state index is 11.9. The van der Waals surface area contributed by atoms with Crippen LogP contribution >= 0.6 is 0 Å². The summed E-state index contributed by atoms with van der Waals surface area (Å²) in [5.74, 6) is -0.840. The Balaban J connectivity index is 2.49. The normalized spacial score (nSPS) is 11.0. The van der Waals surface area contributed by atoms with E-state index in [4.69, 9.17) is 0 Å². The fraction of sp³-hybridized carbons (Fsp3) is 0.385. The first-order valence-corrected chi connectivity index (χ1v) is 6.02. The molecule has 0 atom stereocenters. The Bertz CT molecular complexity index is 469. The van der Waals surface area contributed by atoms with Gasteiger partial charge in [-0.15, -0.1) is 0 Å². The van der Waals surface area contributed by atoms with Gasteiger partial charge in [-0.05, 0) is 17.7 Å². The SMILES string of the molecule is CCC(=O)Nc1ccc(CC(=O)NCC(F)(F)F)cc1. The molecule has 20 heavy (non-hydrogen) atoms. The minimum Gasteiger partial charge on any atom is -0.347 e. The second kappa shape index (κ2) is 6.93. The van der Waals surface area contributed by atoms with Gasteiger partial charge in [0.05, 0.1) is 6.42 Å². The Morgan fingerprint density at radius 2 is 1.70 bits per heavy atom. The Labute approximate surface area is 114 Å². The summed E-state index contributed by atoms with van der Waals surface area (Å²) in [7, 11) is 0. The van der Waals surface area contributed by atoms with E-state index in [-0.39, 0.29) is 12.3 Å². The van der Waals surface area contributed by atoms with Crippen LogP contribution in [0.2, 0.25) is 0 Å². The van der Waals surface area contributed by atoms with Gasteiger partial charge in [0.1, 0.15) is 6.54 Å². The molecule has 0 radical (unpaired) electrons. The standard InChI is InChI=1S/C13H15F3N2O2/c1-2-11(19)18-10-5-3-9(4-6-10)7-12(20)17-8-13(14,15)16/h3-6H,2,7-8H2,1H3,(H,17,20)(H,18,19). The number of anilines is 1. The molecule has 0 spiro atoms.